The van der Waals surface area contributed by atoms with E-state index < -0.39 is 0 Å². The van der Waals surface area contributed by atoms with E-state index in [2.05, 4.69) is 12.2 Å². The van der Waals surface area contributed by atoms with E-state index in [0.29, 0.717) is 11.5 Å². The lowest BCUT2D eigenvalue weighted by atomic mass is 9.62. The quantitative estimate of drug-likeness (QED) is 0.640. The fourth-order valence-electron chi connectivity index (χ4n) is 2.11. The van der Waals surface area contributed by atoms with Gasteiger partial charge in [-0.2, -0.15) is 0 Å². The molecule has 0 bridgehead atoms. The first kappa shape index (κ1) is 9.01. The molecule has 2 nitrogen and oxygen atoms in total. The summed E-state index contributed by atoms with van der Waals surface area (Å²) in [5, 5.41) is 3.20. The van der Waals surface area contributed by atoms with Gasteiger partial charge in [-0.1, -0.05) is 13.3 Å². The first-order valence-corrected chi connectivity index (χ1v) is 4.62. The second-order valence-electron chi connectivity index (χ2n) is 3.88. The van der Waals surface area contributed by atoms with E-state index in [9.17, 15) is 0 Å². The summed E-state index contributed by atoms with van der Waals surface area (Å²) in [5.74, 6) is 0. The number of hydrogen-bond donors (Lipinski definition) is 2. The average molecular weight is 156 g/mol. The standard InChI is InChI=1S/C9H20N2/c1-3-9(4-5-11-2)6-8(10)7-9/h8,11H,3-7,10H2,1-2H3. The Morgan fingerprint density at radius 3 is 2.55 bits per heavy atom. The van der Waals surface area contributed by atoms with Crippen molar-refractivity contribution in [2.75, 3.05) is 13.6 Å². The smallest absolute Gasteiger partial charge is 0.00494 e. The van der Waals surface area contributed by atoms with Gasteiger partial charge < -0.3 is 11.1 Å². The summed E-state index contributed by atoms with van der Waals surface area (Å²) in [5.41, 5.74) is 6.38. The number of rotatable bonds is 4. The molecular weight excluding hydrogens is 136 g/mol. The van der Waals surface area contributed by atoms with Crippen molar-refractivity contribution in [3.63, 3.8) is 0 Å². The van der Waals surface area contributed by atoms with Crippen LogP contribution in [0.5, 0.6) is 0 Å². The molecular formula is C9H20N2. The van der Waals surface area contributed by atoms with Crippen LogP contribution in [0.3, 0.4) is 0 Å². The number of nitrogens with two attached hydrogens (primary N) is 1. The molecule has 0 aromatic carbocycles. The highest BCUT2D eigenvalue weighted by Crippen LogP contribution is 2.45. The van der Waals surface area contributed by atoms with Gasteiger partial charge in [0.25, 0.3) is 0 Å². The summed E-state index contributed by atoms with van der Waals surface area (Å²) in [6.45, 7) is 3.42. The van der Waals surface area contributed by atoms with E-state index in [0.717, 1.165) is 6.54 Å². The molecule has 0 unspecified atom stereocenters. The number of hydrogen-bond acceptors (Lipinski definition) is 2. The van der Waals surface area contributed by atoms with Crippen LogP contribution >= 0.6 is 0 Å². The van der Waals surface area contributed by atoms with Crippen LogP contribution in [0, 0.1) is 5.41 Å². The van der Waals surface area contributed by atoms with E-state index in [1.165, 1.54) is 25.7 Å². The molecule has 0 saturated heterocycles. The van der Waals surface area contributed by atoms with Gasteiger partial charge in [-0.3, -0.25) is 0 Å². The predicted molar refractivity (Wildman–Crippen MR) is 48.5 cm³/mol. The van der Waals surface area contributed by atoms with Crippen molar-refractivity contribution in [3.05, 3.63) is 0 Å². The minimum absolute atomic E-state index is 0.492. The van der Waals surface area contributed by atoms with E-state index >= 15 is 0 Å². The molecule has 1 saturated carbocycles. The molecule has 1 rings (SSSR count). The molecule has 0 aromatic heterocycles. The first-order chi connectivity index (χ1) is 5.22. The van der Waals surface area contributed by atoms with Crippen LogP contribution in [0.25, 0.3) is 0 Å². The molecule has 3 N–H and O–H groups in total. The van der Waals surface area contributed by atoms with Crippen molar-refractivity contribution >= 4 is 0 Å². The monoisotopic (exact) mass is 156 g/mol. The van der Waals surface area contributed by atoms with Crippen molar-refractivity contribution in [1.29, 1.82) is 0 Å². The third-order valence-corrected chi connectivity index (χ3v) is 3.05. The van der Waals surface area contributed by atoms with Crippen molar-refractivity contribution in [1.82, 2.24) is 5.32 Å². The highest BCUT2D eigenvalue weighted by Gasteiger charge is 2.39. The lowest BCUT2D eigenvalue weighted by Crippen LogP contribution is -2.46. The van der Waals surface area contributed by atoms with Crippen LogP contribution in [-0.4, -0.2) is 19.6 Å². The van der Waals surface area contributed by atoms with E-state index in [4.69, 9.17) is 5.73 Å². The minimum atomic E-state index is 0.492. The molecule has 0 aliphatic heterocycles. The van der Waals surface area contributed by atoms with Gasteiger partial charge in [-0.05, 0) is 38.3 Å². The summed E-state index contributed by atoms with van der Waals surface area (Å²) >= 11 is 0. The van der Waals surface area contributed by atoms with Gasteiger partial charge >= 0.3 is 0 Å². The summed E-state index contributed by atoms with van der Waals surface area (Å²) in [4.78, 5) is 0. The second-order valence-corrected chi connectivity index (χ2v) is 3.88. The maximum atomic E-state index is 5.78. The Kier molecular flexibility index (Phi) is 2.90. The molecule has 0 aromatic rings. The molecule has 0 atom stereocenters. The average Bonchev–Trinajstić information content (AvgIpc) is 1.96. The van der Waals surface area contributed by atoms with Crippen LogP contribution in [0.15, 0.2) is 0 Å². The van der Waals surface area contributed by atoms with Crippen molar-refractivity contribution in [2.45, 2.75) is 38.6 Å². The Hall–Kier alpha value is -0.0800. The lowest BCUT2D eigenvalue weighted by molar-refractivity contribution is 0.0875. The van der Waals surface area contributed by atoms with E-state index in [1.54, 1.807) is 0 Å². The molecule has 0 heterocycles. The zero-order valence-electron chi connectivity index (χ0n) is 7.69. The molecule has 1 aliphatic carbocycles. The maximum absolute atomic E-state index is 5.78. The fourth-order valence-corrected chi connectivity index (χ4v) is 2.11. The van der Waals surface area contributed by atoms with Gasteiger partial charge in [0.1, 0.15) is 0 Å². The van der Waals surface area contributed by atoms with Gasteiger partial charge in [-0.25, -0.2) is 0 Å². The second kappa shape index (κ2) is 3.55. The molecule has 1 fully saturated rings. The van der Waals surface area contributed by atoms with Crippen molar-refractivity contribution in [3.8, 4) is 0 Å². The van der Waals surface area contributed by atoms with Crippen LogP contribution in [0.1, 0.15) is 32.6 Å². The highest BCUT2D eigenvalue weighted by atomic mass is 14.8. The molecule has 0 spiro atoms. The third-order valence-electron chi connectivity index (χ3n) is 3.05. The topological polar surface area (TPSA) is 38.0 Å². The molecule has 2 heteroatoms. The molecule has 1 aliphatic rings. The Bertz CT molecular complexity index is 117. The summed E-state index contributed by atoms with van der Waals surface area (Å²) in [7, 11) is 2.02. The van der Waals surface area contributed by atoms with Gasteiger partial charge in [0, 0.05) is 6.04 Å². The summed E-state index contributed by atoms with van der Waals surface area (Å²) in [6.07, 6.45) is 5.08. The van der Waals surface area contributed by atoms with Gasteiger partial charge in [0.05, 0.1) is 0 Å². The van der Waals surface area contributed by atoms with Crippen LogP contribution in [0.2, 0.25) is 0 Å². The Labute approximate surface area is 69.5 Å². The van der Waals surface area contributed by atoms with E-state index in [1.807, 2.05) is 7.05 Å². The largest absolute Gasteiger partial charge is 0.328 e. The normalized spacial score (nSPS) is 36.8. The minimum Gasteiger partial charge on any atom is -0.328 e. The number of nitrogens with one attached hydrogen (secondary N) is 1. The molecule has 66 valence electrons. The van der Waals surface area contributed by atoms with Gasteiger partial charge in [0.15, 0.2) is 0 Å². The zero-order chi connectivity index (χ0) is 8.32. The van der Waals surface area contributed by atoms with Gasteiger partial charge in [0.2, 0.25) is 0 Å². The molecule has 0 amide bonds. The van der Waals surface area contributed by atoms with Crippen molar-refractivity contribution in [2.24, 2.45) is 11.1 Å². The SMILES string of the molecule is CCC1(CCNC)CC(N)C1. The Morgan fingerprint density at radius 2 is 2.18 bits per heavy atom. The third kappa shape index (κ3) is 1.94. The zero-order valence-corrected chi connectivity index (χ0v) is 7.69. The highest BCUT2D eigenvalue weighted by molar-refractivity contribution is 4.95. The summed E-state index contributed by atoms with van der Waals surface area (Å²) < 4.78 is 0. The maximum Gasteiger partial charge on any atom is 0.00494 e. The first-order valence-electron chi connectivity index (χ1n) is 4.62. The predicted octanol–water partition coefficient (Wildman–Crippen LogP) is 1.11. The molecule has 0 radical (unpaired) electrons. The fraction of sp³-hybridized carbons (Fsp3) is 1.00. The van der Waals surface area contributed by atoms with Crippen LogP contribution < -0.4 is 11.1 Å². The summed E-state index contributed by atoms with van der Waals surface area (Å²) in [6, 6.07) is 0.492. The lowest BCUT2D eigenvalue weighted by Gasteiger charge is -2.46. The van der Waals surface area contributed by atoms with Crippen LogP contribution in [-0.2, 0) is 0 Å². The Balaban J connectivity index is 2.26. The van der Waals surface area contributed by atoms with Crippen LogP contribution in [0.4, 0.5) is 0 Å². The van der Waals surface area contributed by atoms with E-state index in [-0.39, 0.29) is 0 Å². The Morgan fingerprint density at radius 1 is 1.55 bits per heavy atom. The van der Waals surface area contributed by atoms with Gasteiger partial charge in [-0.15, -0.1) is 0 Å². The van der Waals surface area contributed by atoms with Crippen molar-refractivity contribution < 1.29 is 0 Å². The molecule has 11 heavy (non-hydrogen) atoms.